The molecule has 3 aromatic rings. The van der Waals surface area contributed by atoms with Crippen LogP contribution >= 0.6 is 0 Å². The van der Waals surface area contributed by atoms with Crippen LogP contribution in [-0.4, -0.2) is 38.2 Å². The summed E-state index contributed by atoms with van der Waals surface area (Å²) in [5.74, 6) is -0.192. The highest BCUT2D eigenvalue weighted by molar-refractivity contribution is 6.05. The third-order valence-electron chi connectivity index (χ3n) is 6.00. The van der Waals surface area contributed by atoms with E-state index in [1.165, 1.54) is 12.1 Å². The zero-order valence-electron chi connectivity index (χ0n) is 17.9. The normalized spacial score (nSPS) is 14.7. The van der Waals surface area contributed by atoms with Crippen molar-refractivity contribution in [1.29, 1.82) is 0 Å². The Morgan fingerprint density at radius 2 is 1.93 bits per heavy atom. The molecule has 158 valence electrons. The SMILES string of the molecule is Cc1cc(C(=O)N(CCc2ccc(F)cc2)C2CCCC2)c2cnn(C(C)C)c2n1. The van der Waals surface area contributed by atoms with Gasteiger partial charge in [0.1, 0.15) is 5.82 Å². The molecule has 4 rings (SSSR count). The number of amides is 1. The number of fused-ring (bicyclic) bond motifs is 1. The van der Waals surface area contributed by atoms with Crippen LogP contribution in [0.1, 0.15) is 67.2 Å². The maximum absolute atomic E-state index is 13.8. The third-order valence-corrected chi connectivity index (χ3v) is 6.00. The fourth-order valence-electron chi connectivity index (χ4n) is 4.42. The van der Waals surface area contributed by atoms with E-state index in [1.807, 2.05) is 22.6 Å². The number of aromatic nitrogens is 3. The number of benzene rings is 1. The van der Waals surface area contributed by atoms with E-state index in [-0.39, 0.29) is 23.8 Å². The van der Waals surface area contributed by atoms with Crippen LogP contribution in [0.25, 0.3) is 11.0 Å². The number of carbonyl (C=O) groups is 1. The minimum absolute atomic E-state index is 0.0443. The van der Waals surface area contributed by atoms with Gasteiger partial charge in [0, 0.05) is 24.3 Å². The summed E-state index contributed by atoms with van der Waals surface area (Å²) in [5.41, 5.74) is 3.29. The molecular weight excluding hydrogens is 379 g/mol. The maximum Gasteiger partial charge on any atom is 0.254 e. The Labute approximate surface area is 176 Å². The highest BCUT2D eigenvalue weighted by atomic mass is 19.1. The predicted octanol–water partition coefficient (Wildman–Crippen LogP) is 5.09. The summed E-state index contributed by atoms with van der Waals surface area (Å²) in [6.45, 7) is 6.67. The molecule has 0 radical (unpaired) electrons. The van der Waals surface area contributed by atoms with Gasteiger partial charge >= 0.3 is 0 Å². The Hall–Kier alpha value is -2.76. The summed E-state index contributed by atoms with van der Waals surface area (Å²) in [6, 6.07) is 8.87. The summed E-state index contributed by atoms with van der Waals surface area (Å²) in [4.78, 5) is 20.4. The van der Waals surface area contributed by atoms with Crippen molar-refractivity contribution < 1.29 is 9.18 Å². The Bertz CT molecular complexity index is 1040. The molecule has 2 heterocycles. The van der Waals surface area contributed by atoms with Gasteiger partial charge in [-0.15, -0.1) is 0 Å². The number of hydrogen-bond donors (Lipinski definition) is 0. The standard InChI is InChI=1S/C24H29FN4O/c1-16(2)29-23-22(15-26-29)21(14-17(3)27-23)24(30)28(20-6-4-5-7-20)13-12-18-8-10-19(25)11-9-18/h8-11,14-16,20H,4-7,12-13H2,1-3H3. The summed E-state index contributed by atoms with van der Waals surface area (Å²) in [5, 5.41) is 5.29. The summed E-state index contributed by atoms with van der Waals surface area (Å²) in [6.07, 6.45) is 6.85. The molecule has 0 aliphatic heterocycles. The summed E-state index contributed by atoms with van der Waals surface area (Å²) >= 11 is 0. The first-order chi connectivity index (χ1) is 14.4. The smallest absolute Gasteiger partial charge is 0.254 e. The van der Waals surface area contributed by atoms with E-state index in [2.05, 4.69) is 23.9 Å². The van der Waals surface area contributed by atoms with Crippen molar-refractivity contribution >= 4 is 16.9 Å². The number of aryl methyl sites for hydroxylation is 1. The van der Waals surface area contributed by atoms with Crippen molar-refractivity contribution in [3.8, 4) is 0 Å². The Kier molecular flexibility index (Phi) is 5.84. The van der Waals surface area contributed by atoms with Crippen molar-refractivity contribution in [3.05, 3.63) is 59.2 Å². The first-order valence-corrected chi connectivity index (χ1v) is 10.8. The van der Waals surface area contributed by atoms with E-state index < -0.39 is 0 Å². The minimum atomic E-state index is -0.237. The zero-order valence-corrected chi connectivity index (χ0v) is 17.9. The average molecular weight is 409 g/mol. The Balaban J connectivity index is 1.66. The van der Waals surface area contributed by atoms with Gasteiger partial charge in [-0.25, -0.2) is 14.1 Å². The zero-order chi connectivity index (χ0) is 21.3. The van der Waals surface area contributed by atoms with Crippen LogP contribution in [0, 0.1) is 12.7 Å². The molecule has 1 saturated carbocycles. The first-order valence-electron chi connectivity index (χ1n) is 10.8. The quantitative estimate of drug-likeness (QED) is 0.571. The van der Waals surface area contributed by atoms with E-state index >= 15 is 0 Å². The van der Waals surface area contributed by atoms with Crippen molar-refractivity contribution in [1.82, 2.24) is 19.7 Å². The Morgan fingerprint density at radius 3 is 2.60 bits per heavy atom. The lowest BCUT2D eigenvalue weighted by Crippen LogP contribution is -2.40. The Morgan fingerprint density at radius 1 is 1.23 bits per heavy atom. The van der Waals surface area contributed by atoms with Gasteiger partial charge in [0.05, 0.1) is 17.1 Å². The second kappa shape index (κ2) is 8.54. The number of rotatable bonds is 6. The van der Waals surface area contributed by atoms with Crippen LogP contribution in [0.4, 0.5) is 4.39 Å². The molecule has 6 heteroatoms. The van der Waals surface area contributed by atoms with Crippen molar-refractivity contribution in [2.45, 2.75) is 65.0 Å². The van der Waals surface area contributed by atoms with Crippen LogP contribution in [-0.2, 0) is 6.42 Å². The van der Waals surface area contributed by atoms with Gasteiger partial charge in [0.2, 0.25) is 0 Å². The van der Waals surface area contributed by atoms with E-state index in [9.17, 15) is 9.18 Å². The molecule has 0 saturated heterocycles. The molecule has 1 aliphatic rings. The number of hydrogen-bond acceptors (Lipinski definition) is 3. The highest BCUT2D eigenvalue weighted by Gasteiger charge is 2.29. The largest absolute Gasteiger partial charge is 0.335 e. The first kappa shape index (κ1) is 20.5. The van der Waals surface area contributed by atoms with Crippen LogP contribution in [0.2, 0.25) is 0 Å². The second-order valence-electron chi connectivity index (χ2n) is 8.54. The van der Waals surface area contributed by atoms with Crippen molar-refractivity contribution in [2.75, 3.05) is 6.54 Å². The highest BCUT2D eigenvalue weighted by Crippen LogP contribution is 2.28. The predicted molar refractivity (Wildman–Crippen MR) is 116 cm³/mol. The molecule has 1 amide bonds. The number of pyridine rings is 1. The van der Waals surface area contributed by atoms with Crippen molar-refractivity contribution in [3.63, 3.8) is 0 Å². The summed E-state index contributed by atoms with van der Waals surface area (Å²) < 4.78 is 15.1. The molecule has 30 heavy (non-hydrogen) atoms. The molecular formula is C24H29FN4O. The van der Waals surface area contributed by atoms with E-state index in [1.54, 1.807) is 18.3 Å². The number of halogens is 1. The molecule has 5 nitrogen and oxygen atoms in total. The van der Waals surface area contributed by atoms with Gasteiger partial charge < -0.3 is 4.90 Å². The number of carbonyl (C=O) groups excluding carboxylic acids is 1. The van der Waals surface area contributed by atoms with Crippen LogP contribution in [0.5, 0.6) is 0 Å². The molecule has 0 unspecified atom stereocenters. The van der Waals surface area contributed by atoms with Gasteiger partial charge in [-0.1, -0.05) is 25.0 Å². The molecule has 1 fully saturated rings. The molecule has 2 aromatic heterocycles. The van der Waals surface area contributed by atoms with Crippen LogP contribution in [0.15, 0.2) is 36.5 Å². The fraction of sp³-hybridized carbons (Fsp3) is 0.458. The average Bonchev–Trinajstić information content (AvgIpc) is 3.38. The second-order valence-corrected chi connectivity index (χ2v) is 8.54. The minimum Gasteiger partial charge on any atom is -0.335 e. The molecule has 0 bridgehead atoms. The lowest BCUT2D eigenvalue weighted by Gasteiger charge is -2.29. The lowest BCUT2D eigenvalue weighted by molar-refractivity contribution is 0.0686. The van der Waals surface area contributed by atoms with Crippen molar-refractivity contribution in [2.24, 2.45) is 0 Å². The molecule has 0 atom stereocenters. The van der Waals surface area contributed by atoms with Crippen LogP contribution < -0.4 is 0 Å². The molecule has 0 N–H and O–H groups in total. The van der Waals surface area contributed by atoms with Gasteiger partial charge in [-0.05, 0) is 63.8 Å². The molecule has 0 spiro atoms. The maximum atomic E-state index is 13.8. The summed E-state index contributed by atoms with van der Waals surface area (Å²) in [7, 11) is 0. The monoisotopic (exact) mass is 408 g/mol. The van der Waals surface area contributed by atoms with Crippen LogP contribution in [0.3, 0.4) is 0 Å². The fourth-order valence-corrected chi connectivity index (χ4v) is 4.42. The third kappa shape index (κ3) is 4.09. The van der Waals surface area contributed by atoms with Gasteiger partial charge in [-0.2, -0.15) is 5.10 Å². The molecule has 1 aromatic carbocycles. The van der Waals surface area contributed by atoms with Gasteiger partial charge in [0.25, 0.3) is 5.91 Å². The van der Waals surface area contributed by atoms with E-state index in [4.69, 9.17) is 0 Å². The van der Waals surface area contributed by atoms with E-state index in [0.717, 1.165) is 48.0 Å². The lowest BCUT2D eigenvalue weighted by atomic mass is 10.1. The van der Waals surface area contributed by atoms with Gasteiger partial charge in [0.15, 0.2) is 5.65 Å². The molecule has 1 aliphatic carbocycles. The van der Waals surface area contributed by atoms with Gasteiger partial charge in [-0.3, -0.25) is 4.79 Å². The topological polar surface area (TPSA) is 51.0 Å². The number of nitrogens with zero attached hydrogens (tertiary/aromatic N) is 4. The van der Waals surface area contributed by atoms with E-state index in [0.29, 0.717) is 18.5 Å².